The normalized spacial score (nSPS) is 11.5. The van der Waals surface area contributed by atoms with Crippen LogP contribution in [0.25, 0.3) is 0 Å². The first-order chi connectivity index (χ1) is 11.6. The molecule has 0 aromatic heterocycles. The van der Waals surface area contributed by atoms with Gasteiger partial charge in [0.15, 0.2) is 0 Å². The van der Waals surface area contributed by atoms with Crippen molar-refractivity contribution >= 4 is 5.91 Å². The molecule has 0 atom stereocenters. The van der Waals surface area contributed by atoms with Gasteiger partial charge < -0.3 is 9.80 Å². The van der Waals surface area contributed by atoms with Gasteiger partial charge in [0.1, 0.15) is 0 Å². The Morgan fingerprint density at radius 2 is 1.38 bits per heavy atom. The van der Waals surface area contributed by atoms with Gasteiger partial charge in [-0.15, -0.1) is 0 Å². The first kappa shape index (κ1) is 18.2. The second kappa shape index (κ2) is 8.65. The quantitative estimate of drug-likeness (QED) is 0.740. The van der Waals surface area contributed by atoms with Crippen LogP contribution in [0.4, 0.5) is 0 Å². The van der Waals surface area contributed by atoms with Crippen molar-refractivity contribution in [2.75, 3.05) is 33.2 Å². The Labute approximate surface area is 145 Å². The molecule has 0 radical (unpaired) electrons. The largest absolute Gasteiger partial charge is 0.350 e. The van der Waals surface area contributed by atoms with Crippen LogP contribution in [0.5, 0.6) is 0 Å². The Morgan fingerprint density at radius 1 is 0.917 bits per heavy atom. The van der Waals surface area contributed by atoms with E-state index >= 15 is 0 Å². The van der Waals surface area contributed by atoms with E-state index in [1.54, 1.807) is 0 Å². The number of nitrogens with zero attached hydrogens (tertiary/aromatic N) is 1. The molecule has 0 saturated carbocycles. The molecule has 128 valence electrons. The molecule has 1 amide bonds. The number of likely N-dealkylation sites (N-methyl/N-ethyl adjacent to an activating group) is 1. The minimum absolute atomic E-state index is 0.0751. The summed E-state index contributed by atoms with van der Waals surface area (Å²) >= 11 is 0. The summed E-state index contributed by atoms with van der Waals surface area (Å²) in [6.45, 7) is 8.20. The topological polar surface area (TPSA) is 29.1 Å². The molecule has 0 bridgehead atoms. The minimum Gasteiger partial charge on any atom is -0.350 e. The summed E-state index contributed by atoms with van der Waals surface area (Å²) in [6.07, 6.45) is 0. The van der Waals surface area contributed by atoms with Crippen molar-refractivity contribution in [3.8, 4) is 0 Å². The van der Waals surface area contributed by atoms with Gasteiger partial charge in [0.25, 0.3) is 0 Å². The average molecular weight is 325 g/mol. The monoisotopic (exact) mass is 325 g/mol. The van der Waals surface area contributed by atoms with E-state index in [1.807, 2.05) is 60.7 Å². The van der Waals surface area contributed by atoms with Crippen molar-refractivity contribution in [1.82, 2.24) is 5.32 Å². The smallest absolute Gasteiger partial charge is 0.232 e. The highest BCUT2D eigenvalue weighted by Crippen LogP contribution is 2.24. The summed E-state index contributed by atoms with van der Waals surface area (Å²) in [5.41, 5.74) is 2.06. The molecule has 0 aliphatic heterocycles. The standard InChI is InChI=1S/C21H28N2O/c1-4-23(3,5-2)17-16-22-21(24)20(18-12-8-6-9-13-18)19-14-10-7-11-15-19/h6-15,20H,4-5,16-17H2,1-3H3/p+1. The Balaban J connectivity index is 2.12. The molecule has 1 N–H and O–H groups in total. The molecule has 2 rings (SSSR count). The minimum atomic E-state index is -0.255. The van der Waals surface area contributed by atoms with Crippen LogP contribution in [-0.2, 0) is 4.79 Å². The molecule has 0 spiro atoms. The van der Waals surface area contributed by atoms with Crippen LogP contribution in [0.1, 0.15) is 30.9 Å². The van der Waals surface area contributed by atoms with Gasteiger partial charge in [-0.2, -0.15) is 0 Å². The van der Waals surface area contributed by atoms with E-state index in [0.717, 1.165) is 35.2 Å². The average Bonchev–Trinajstić information content (AvgIpc) is 2.63. The lowest BCUT2D eigenvalue weighted by molar-refractivity contribution is -0.904. The Bertz CT molecular complexity index is 581. The van der Waals surface area contributed by atoms with E-state index in [-0.39, 0.29) is 11.8 Å². The number of nitrogens with one attached hydrogen (secondary N) is 1. The Hall–Kier alpha value is -2.13. The zero-order valence-corrected chi connectivity index (χ0v) is 15.0. The van der Waals surface area contributed by atoms with Crippen LogP contribution in [0.3, 0.4) is 0 Å². The van der Waals surface area contributed by atoms with Crippen molar-refractivity contribution < 1.29 is 9.28 Å². The lowest BCUT2D eigenvalue weighted by Gasteiger charge is -2.32. The number of benzene rings is 2. The van der Waals surface area contributed by atoms with Gasteiger partial charge in [-0.25, -0.2) is 0 Å². The summed E-state index contributed by atoms with van der Waals surface area (Å²) in [6, 6.07) is 20.0. The predicted octanol–water partition coefficient (Wildman–Crippen LogP) is 3.42. The van der Waals surface area contributed by atoms with E-state index in [9.17, 15) is 4.79 Å². The molecule has 0 aliphatic carbocycles. The second-order valence-electron chi connectivity index (χ2n) is 6.52. The van der Waals surface area contributed by atoms with Gasteiger partial charge in [-0.3, -0.25) is 4.79 Å². The van der Waals surface area contributed by atoms with Gasteiger partial charge in [0, 0.05) is 0 Å². The van der Waals surface area contributed by atoms with E-state index in [4.69, 9.17) is 0 Å². The van der Waals surface area contributed by atoms with E-state index in [1.165, 1.54) is 0 Å². The van der Waals surface area contributed by atoms with Gasteiger partial charge in [-0.1, -0.05) is 60.7 Å². The van der Waals surface area contributed by atoms with Gasteiger partial charge in [0.05, 0.1) is 39.1 Å². The number of hydrogen-bond donors (Lipinski definition) is 1. The molecule has 2 aromatic carbocycles. The van der Waals surface area contributed by atoms with Gasteiger partial charge in [0.2, 0.25) is 5.91 Å². The molecule has 24 heavy (non-hydrogen) atoms. The first-order valence-electron chi connectivity index (χ1n) is 8.81. The van der Waals surface area contributed by atoms with Crippen molar-refractivity contribution in [2.45, 2.75) is 19.8 Å². The van der Waals surface area contributed by atoms with Crippen LogP contribution < -0.4 is 5.32 Å². The fourth-order valence-corrected chi connectivity index (χ4v) is 2.88. The van der Waals surface area contributed by atoms with Crippen LogP contribution >= 0.6 is 0 Å². The zero-order valence-electron chi connectivity index (χ0n) is 15.0. The summed E-state index contributed by atoms with van der Waals surface area (Å²) in [5, 5.41) is 3.15. The van der Waals surface area contributed by atoms with Crippen molar-refractivity contribution in [3.05, 3.63) is 71.8 Å². The van der Waals surface area contributed by atoms with E-state index < -0.39 is 0 Å². The number of amides is 1. The number of quaternary nitrogens is 1. The van der Waals surface area contributed by atoms with Crippen molar-refractivity contribution in [1.29, 1.82) is 0 Å². The highest BCUT2D eigenvalue weighted by molar-refractivity contribution is 5.87. The van der Waals surface area contributed by atoms with Crippen LogP contribution in [0.2, 0.25) is 0 Å². The number of rotatable bonds is 8. The molecule has 0 unspecified atom stereocenters. The molecular weight excluding hydrogens is 296 g/mol. The molecule has 3 nitrogen and oxygen atoms in total. The summed E-state index contributed by atoms with van der Waals surface area (Å²) < 4.78 is 0.974. The van der Waals surface area contributed by atoms with E-state index in [0.29, 0.717) is 6.54 Å². The predicted molar refractivity (Wildman–Crippen MR) is 99.9 cm³/mol. The van der Waals surface area contributed by atoms with Crippen molar-refractivity contribution in [3.63, 3.8) is 0 Å². The number of carbonyl (C=O) groups is 1. The van der Waals surface area contributed by atoms with E-state index in [2.05, 4.69) is 26.2 Å². The van der Waals surface area contributed by atoms with Crippen LogP contribution in [-0.4, -0.2) is 43.6 Å². The van der Waals surface area contributed by atoms with Crippen LogP contribution in [0.15, 0.2) is 60.7 Å². The lowest BCUT2D eigenvalue weighted by atomic mass is 9.90. The molecule has 0 fully saturated rings. The number of carbonyl (C=O) groups excluding carboxylic acids is 1. The molecule has 0 saturated heterocycles. The molecule has 0 heterocycles. The highest BCUT2D eigenvalue weighted by Gasteiger charge is 2.23. The fourth-order valence-electron chi connectivity index (χ4n) is 2.88. The summed E-state index contributed by atoms with van der Waals surface area (Å²) in [4.78, 5) is 12.9. The molecule has 0 aliphatic rings. The fraction of sp³-hybridized carbons (Fsp3) is 0.381. The third-order valence-corrected chi connectivity index (χ3v) is 5.01. The highest BCUT2D eigenvalue weighted by atomic mass is 16.1. The first-order valence-corrected chi connectivity index (χ1v) is 8.81. The Morgan fingerprint density at radius 3 is 1.79 bits per heavy atom. The summed E-state index contributed by atoms with van der Waals surface area (Å²) in [5.74, 6) is -0.180. The maximum Gasteiger partial charge on any atom is 0.232 e. The number of hydrogen-bond acceptors (Lipinski definition) is 1. The maximum atomic E-state index is 12.9. The maximum absolute atomic E-state index is 12.9. The SMILES string of the molecule is CC[N+](C)(CC)CCNC(=O)C(c1ccccc1)c1ccccc1. The van der Waals surface area contributed by atoms with Crippen molar-refractivity contribution in [2.24, 2.45) is 0 Å². The van der Waals surface area contributed by atoms with Crippen LogP contribution in [0, 0.1) is 0 Å². The molecule has 3 heteroatoms. The van der Waals surface area contributed by atoms with Gasteiger partial charge in [-0.05, 0) is 25.0 Å². The van der Waals surface area contributed by atoms with Gasteiger partial charge >= 0.3 is 0 Å². The third-order valence-electron chi connectivity index (χ3n) is 5.01. The molecular formula is C21H29N2O+. The lowest BCUT2D eigenvalue weighted by Crippen LogP contribution is -2.48. The molecule has 2 aromatic rings. The third kappa shape index (κ3) is 4.68. The summed E-state index contributed by atoms with van der Waals surface area (Å²) in [7, 11) is 2.23. The Kier molecular flexibility index (Phi) is 6.56. The second-order valence-corrected chi connectivity index (χ2v) is 6.52. The zero-order chi connectivity index (χ0) is 17.4.